The van der Waals surface area contributed by atoms with Crippen LogP contribution in [0, 0.1) is 0 Å². The van der Waals surface area contributed by atoms with Crippen molar-refractivity contribution >= 4 is 0 Å². The van der Waals surface area contributed by atoms with E-state index >= 15 is 0 Å². The lowest BCUT2D eigenvalue weighted by Gasteiger charge is -2.09. The summed E-state index contributed by atoms with van der Waals surface area (Å²) >= 11 is 0. The number of hydrogen-bond donors (Lipinski definition) is 0. The van der Waals surface area contributed by atoms with Gasteiger partial charge in [-0.2, -0.15) is 0 Å². The van der Waals surface area contributed by atoms with E-state index in [1.165, 1.54) is 7.11 Å². The Balaban J connectivity index is 1.94. The first-order chi connectivity index (χ1) is 9.74. The lowest BCUT2D eigenvalue weighted by molar-refractivity contribution is 0.294. The molecule has 1 aromatic carbocycles. The third kappa shape index (κ3) is 3.32. The number of rotatable bonds is 6. The van der Waals surface area contributed by atoms with E-state index in [0.29, 0.717) is 18.9 Å². The molecule has 0 N–H and O–H groups in total. The fraction of sp³-hybridized carbons (Fsp3) is 0.267. The smallest absolute Gasteiger partial charge is 0.292 e. The zero-order chi connectivity index (χ0) is 14.4. The molecule has 0 saturated heterocycles. The molecule has 0 bridgehead atoms. The molecule has 2 rings (SSSR count). The fourth-order valence-electron chi connectivity index (χ4n) is 1.78. The molecule has 0 unspecified atom stereocenters. The van der Waals surface area contributed by atoms with Crippen molar-refractivity contribution in [3.63, 3.8) is 0 Å². The second kappa shape index (κ2) is 6.65. The molecule has 5 nitrogen and oxygen atoms in total. The van der Waals surface area contributed by atoms with Crippen molar-refractivity contribution in [2.24, 2.45) is 0 Å². The summed E-state index contributed by atoms with van der Waals surface area (Å²) in [5.74, 6) is 1.85. The van der Waals surface area contributed by atoms with E-state index < -0.39 is 0 Å². The Labute approximate surface area is 117 Å². The summed E-state index contributed by atoms with van der Waals surface area (Å²) in [4.78, 5) is 11.9. The van der Waals surface area contributed by atoms with Crippen molar-refractivity contribution < 1.29 is 14.2 Å². The maximum Gasteiger partial charge on any atom is 0.292 e. The summed E-state index contributed by atoms with van der Waals surface area (Å²) in [6, 6.07) is 10.7. The number of aromatic nitrogens is 1. The van der Waals surface area contributed by atoms with Gasteiger partial charge < -0.3 is 18.8 Å². The van der Waals surface area contributed by atoms with Gasteiger partial charge in [0.15, 0.2) is 5.75 Å². The van der Waals surface area contributed by atoms with Crippen LogP contribution in [0.5, 0.6) is 17.2 Å². The van der Waals surface area contributed by atoms with Crippen LogP contribution in [0.3, 0.4) is 0 Å². The van der Waals surface area contributed by atoms with Crippen LogP contribution >= 0.6 is 0 Å². The molecule has 20 heavy (non-hydrogen) atoms. The van der Waals surface area contributed by atoms with Crippen molar-refractivity contribution in [1.82, 2.24) is 4.57 Å². The van der Waals surface area contributed by atoms with E-state index in [2.05, 4.69) is 0 Å². The van der Waals surface area contributed by atoms with E-state index in [1.807, 2.05) is 24.3 Å². The summed E-state index contributed by atoms with van der Waals surface area (Å²) in [6.45, 7) is 0.863. The summed E-state index contributed by atoms with van der Waals surface area (Å²) in [5, 5.41) is 0. The Morgan fingerprint density at radius 3 is 2.35 bits per heavy atom. The molecule has 0 aliphatic carbocycles. The first kappa shape index (κ1) is 14.0. The monoisotopic (exact) mass is 275 g/mol. The van der Waals surface area contributed by atoms with Gasteiger partial charge in [0.1, 0.15) is 18.1 Å². The van der Waals surface area contributed by atoms with E-state index in [4.69, 9.17) is 14.2 Å². The summed E-state index contributed by atoms with van der Waals surface area (Å²) in [7, 11) is 3.10. The molecule has 0 spiro atoms. The van der Waals surface area contributed by atoms with E-state index in [-0.39, 0.29) is 5.56 Å². The highest BCUT2D eigenvalue weighted by molar-refractivity contribution is 5.31. The third-order valence-electron chi connectivity index (χ3n) is 2.87. The Kier molecular flexibility index (Phi) is 4.65. The molecule has 0 atom stereocenters. The zero-order valence-electron chi connectivity index (χ0n) is 11.5. The lowest BCUT2D eigenvalue weighted by Crippen LogP contribution is -2.23. The minimum atomic E-state index is -0.159. The largest absolute Gasteiger partial charge is 0.497 e. The molecule has 0 radical (unpaired) electrons. The van der Waals surface area contributed by atoms with Crippen LogP contribution in [-0.4, -0.2) is 25.4 Å². The molecular formula is C15H17NO4. The molecular weight excluding hydrogens is 258 g/mol. The lowest BCUT2D eigenvalue weighted by atomic mass is 10.3. The zero-order valence-corrected chi connectivity index (χ0v) is 11.5. The second-order valence-electron chi connectivity index (χ2n) is 4.10. The van der Waals surface area contributed by atoms with Crippen LogP contribution in [-0.2, 0) is 6.54 Å². The summed E-state index contributed by atoms with van der Waals surface area (Å²) < 4.78 is 17.2. The fourth-order valence-corrected chi connectivity index (χ4v) is 1.78. The van der Waals surface area contributed by atoms with Crippen LogP contribution in [0.2, 0.25) is 0 Å². The number of ether oxygens (including phenoxy) is 3. The molecule has 0 aliphatic heterocycles. The highest BCUT2D eigenvalue weighted by Gasteiger charge is 2.02. The topological polar surface area (TPSA) is 49.7 Å². The molecule has 0 amide bonds. The molecule has 2 aromatic rings. The van der Waals surface area contributed by atoms with Crippen molar-refractivity contribution in [3.8, 4) is 17.2 Å². The van der Waals surface area contributed by atoms with Crippen LogP contribution in [0.4, 0.5) is 0 Å². The van der Waals surface area contributed by atoms with Gasteiger partial charge in [-0.15, -0.1) is 0 Å². The van der Waals surface area contributed by atoms with Crippen LogP contribution in [0.25, 0.3) is 0 Å². The van der Waals surface area contributed by atoms with Crippen molar-refractivity contribution in [3.05, 3.63) is 52.9 Å². The van der Waals surface area contributed by atoms with Crippen molar-refractivity contribution in [1.29, 1.82) is 0 Å². The van der Waals surface area contributed by atoms with Gasteiger partial charge in [-0.05, 0) is 36.4 Å². The predicted molar refractivity (Wildman–Crippen MR) is 75.7 cm³/mol. The molecule has 5 heteroatoms. The first-order valence-corrected chi connectivity index (χ1v) is 6.25. The first-order valence-electron chi connectivity index (χ1n) is 6.25. The Bertz CT molecular complexity index is 604. The van der Waals surface area contributed by atoms with Gasteiger partial charge in [0.25, 0.3) is 5.56 Å². The number of methoxy groups -OCH3 is 2. The normalized spacial score (nSPS) is 10.1. The van der Waals surface area contributed by atoms with Gasteiger partial charge in [0, 0.05) is 6.20 Å². The average Bonchev–Trinajstić information content (AvgIpc) is 2.49. The van der Waals surface area contributed by atoms with Gasteiger partial charge >= 0.3 is 0 Å². The quantitative estimate of drug-likeness (QED) is 0.808. The molecule has 0 saturated carbocycles. The molecule has 1 heterocycles. The second-order valence-corrected chi connectivity index (χ2v) is 4.10. The molecule has 1 aromatic heterocycles. The van der Waals surface area contributed by atoms with Crippen LogP contribution in [0.1, 0.15) is 0 Å². The Hall–Kier alpha value is -2.43. The molecule has 0 fully saturated rings. The highest BCUT2D eigenvalue weighted by Crippen LogP contribution is 2.16. The summed E-state index contributed by atoms with van der Waals surface area (Å²) in [6.07, 6.45) is 1.71. The molecule has 106 valence electrons. The summed E-state index contributed by atoms with van der Waals surface area (Å²) in [5.41, 5.74) is -0.159. The average molecular weight is 275 g/mol. The van der Waals surface area contributed by atoms with Gasteiger partial charge in [0.2, 0.25) is 0 Å². The third-order valence-corrected chi connectivity index (χ3v) is 2.87. The van der Waals surface area contributed by atoms with E-state index in [1.54, 1.807) is 30.0 Å². The number of benzene rings is 1. The van der Waals surface area contributed by atoms with Crippen molar-refractivity contribution in [2.45, 2.75) is 6.54 Å². The number of pyridine rings is 1. The Morgan fingerprint density at radius 1 is 1.00 bits per heavy atom. The van der Waals surface area contributed by atoms with Gasteiger partial charge in [-0.1, -0.05) is 0 Å². The maximum absolute atomic E-state index is 11.9. The number of hydrogen-bond acceptors (Lipinski definition) is 4. The van der Waals surface area contributed by atoms with E-state index in [0.717, 1.165) is 11.5 Å². The van der Waals surface area contributed by atoms with Crippen molar-refractivity contribution in [2.75, 3.05) is 20.8 Å². The minimum absolute atomic E-state index is 0.159. The van der Waals surface area contributed by atoms with Crippen LogP contribution in [0.15, 0.2) is 47.4 Å². The SMILES string of the molecule is COc1ccc(OCCn2cccc(OC)c2=O)cc1. The van der Waals surface area contributed by atoms with Gasteiger partial charge in [-0.25, -0.2) is 0 Å². The minimum Gasteiger partial charge on any atom is -0.497 e. The molecule has 0 aliphatic rings. The standard InChI is InChI=1S/C15H17NO4/c1-18-12-5-7-13(8-6-12)20-11-10-16-9-3-4-14(19-2)15(16)17/h3-9H,10-11H2,1-2H3. The highest BCUT2D eigenvalue weighted by atomic mass is 16.5. The van der Waals surface area contributed by atoms with Crippen LogP contribution < -0.4 is 19.8 Å². The maximum atomic E-state index is 11.9. The Morgan fingerprint density at radius 2 is 1.70 bits per heavy atom. The predicted octanol–water partition coefficient (Wildman–Crippen LogP) is 1.94. The van der Waals surface area contributed by atoms with Gasteiger partial charge in [-0.3, -0.25) is 4.79 Å². The van der Waals surface area contributed by atoms with Gasteiger partial charge in [0.05, 0.1) is 20.8 Å². The number of nitrogens with zero attached hydrogens (tertiary/aromatic N) is 1. The van der Waals surface area contributed by atoms with E-state index in [9.17, 15) is 4.79 Å².